The molecule has 0 saturated heterocycles. The molecule has 1 aliphatic rings. The Labute approximate surface area is 127 Å². The summed E-state index contributed by atoms with van der Waals surface area (Å²) < 4.78 is 32.5. The van der Waals surface area contributed by atoms with E-state index in [2.05, 4.69) is 15.0 Å². The molecule has 2 N–H and O–H groups in total. The summed E-state index contributed by atoms with van der Waals surface area (Å²) in [5, 5.41) is 2.62. The predicted octanol–water partition coefficient (Wildman–Crippen LogP) is 1.60. The summed E-state index contributed by atoms with van der Waals surface area (Å²) in [6, 6.07) is 7.51. The zero-order chi connectivity index (χ0) is 15.7. The molecule has 3 rings (SSSR count). The van der Waals surface area contributed by atoms with Crippen LogP contribution in [0.4, 0.5) is 11.4 Å². The highest BCUT2D eigenvalue weighted by atomic mass is 32.2. The van der Waals surface area contributed by atoms with Gasteiger partial charge in [-0.15, -0.1) is 0 Å². The van der Waals surface area contributed by atoms with E-state index < -0.39 is 16.1 Å². The number of carbonyl (C=O) groups excluding carboxylic acids is 1. The topological polar surface area (TPSA) is 97.4 Å². The van der Waals surface area contributed by atoms with Gasteiger partial charge in [0.25, 0.3) is 15.9 Å². The second-order valence-corrected chi connectivity index (χ2v) is 6.44. The van der Waals surface area contributed by atoms with Crippen LogP contribution in [0.2, 0.25) is 0 Å². The lowest BCUT2D eigenvalue weighted by Gasteiger charge is -2.23. The van der Waals surface area contributed by atoms with E-state index in [1.54, 1.807) is 25.3 Å². The average Bonchev–Trinajstić information content (AvgIpc) is 2.48. The summed E-state index contributed by atoms with van der Waals surface area (Å²) >= 11 is 0. The fourth-order valence-electron chi connectivity index (χ4n) is 1.99. The lowest BCUT2D eigenvalue weighted by molar-refractivity contribution is -0.122. The number of hydrogen-bond acceptors (Lipinski definition) is 5. The number of nitrogens with one attached hydrogen (secondary N) is 2. The van der Waals surface area contributed by atoms with Gasteiger partial charge in [0.05, 0.1) is 22.5 Å². The summed E-state index contributed by atoms with van der Waals surface area (Å²) in [6.07, 6.45) is 2.34. The van der Waals surface area contributed by atoms with Crippen molar-refractivity contribution in [2.45, 2.75) is 17.9 Å². The number of rotatable bonds is 3. The highest BCUT2D eigenvalue weighted by Crippen LogP contribution is 2.32. The van der Waals surface area contributed by atoms with Crippen LogP contribution in [0.25, 0.3) is 0 Å². The molecule has 1 aromatic carbocycles. The van der Waals surface area contributed by atoms with Crippen LogP contribution >= 0.6 is 0 Å². The number of aromatic nitrogens is 1. The van der Waals surface area contributed by atoms with Gasteiger partial charge in [0.2, 0.25) is 0 Å². The second kappa shape index (κ2) is 5.30. The number of anilines is 2. The minimum absolute atomic E-state index is 0.0218. The van der Waals surface area contributed by atoms with Crippen molar-refractivity contribution in [3.05, 3.63) is 42.7 Å². The Balaban J connectivity index is 1.92. The molecule has 2 aromatic rings. The summed E-state index contributed by atoms with van der Waals surface area (Å²) in [5.74, 6) is 0.120. The lowest BCUT2D eigenvalue weighted by Crippen LogP contribution is -2.34. The number of amides is 1. The highest BCUT2D eigenvalue weighted by molar-refractivity contribution is 7.92. The summed E-state index contributed by atoms with van der Waals surface area (Å²) in [4.78, 5) is 15.5. The van der Waals surface area contributed by atoms with Gasteiger partial charge in [-0.3, -0.25) is 14.5 Å². The second-order valence-electron chi connectivity index (χ2n) is 4.75. The number of benzene rings is 1. The largest absolute Gasteiger partial charge is 0.479 e. The van der Waals surface area contributed by atoms with Crippen LogP contribution < -0.4 is 14.8 Å². The quantitative estimate of drug-likeness (QED) is 0.895. The normalized spacial score (nSPS) is 17.1. The molecular weight excluding hydrogens is 306 g/mol. The molecular formula is C14H13N3O4S. The molecule has 7 nitrogen and oxygen atoms in total. The van der Waals surface area contributed by atoms with E-state index >= 15 is 0 Å². The number of carbonyl (C=O) groups is 1. The van der Waals surface area contributed by atoms with Crippen LogP contribution in [0.3, 0.4) is 0 Å². The van der Waals surface area contributed by atoms with Gasteiger partial charge in [0, 0.05) is 6.20 Å². The smallest absolute Gasteiger partial charge is 0.265 e. The molecule has 114 valence electrons. The number of hydrogen-bond donors (Lipinski definition) is 2. The van der Waals surface area contributed by atoms with Crippen LogP contribution in [0.15, 0.2) is 47.6 Å². The Morgan fingerprint density at radius 3 is 2.86 bits per heavy atom. The molecule has 0 aliphatic carbocycles. The molecule has 0 saturated carbocycles. The van der Waals surface area contributed by atoms with Gasteiger partial charge in [0.15, 0.2) is 6.10 Å². The maximum Gasteiger partial charge on any atom is 0.265 e. The molecule has 0 radical (unpaired) electrons. The first-order chi connectivity index (χ1) is 10.5. The van der Waals surface area contributed by atoms with E-state index in [-0.39, 0.29) is 10.8 Å². The van der Waals surface area contributed by atoms with Gasteiger partial charge in [-0.05, 0) is 37.3 Å². The Bertz CT molecular complexity index is 821. The number of fused-ring (bicyclic) bond motifs is 1. The van der Waals surface area contributed by atoms with E-state index in [9.17, 15) is 13.2 Å². The minimum Gasteiger partial charge on any atom is -0.479 e. The molecule has 1 aliphatic heterocycles. The Morgan fingerprint density at radius 1 is 1.32 bits per heavy atom. The van der Waals surface area contributed by atoms with Gasteiger partial charge in [-0.25, -0.2) is 8.42 Å². The summed E-state index contributed by atoms with van der Waals surface area (Å²) in [5.41, 5.74) is 0.686. The van der Waals surface area contributed by atoms with Gasteiger partial charge < -0.3 is 10.1 Å². The van der Waals surface area contributed by atoms with Crippen LogP contribution in [-0.4, -0.2) is 25.4 Å². The molecule has 1 unspecified atom stereocenters. The molecule has 22 heavy (non-hydrogen) atoms. The number of ether oxygens (including phenoxy) is 1. The fourth-order valence-corrected chi connectivity index (χ4v) is 3.06. The Hall–Kier alpha value is -2.61. The first kappa shape index (κ1) is 14.3. The third kappa shape index (κ3) is 2.73. The van der Waals surface area contributed by atoms with E-state index in [1.165, 1.54) is 24.4 Å². The minimum atomic E-state index is -3.77. The maximum atomic E-state index is 12.3. The highest BCUT2D eigenvalue weighted by Gasteiger charge is 2.25. The number of sulfonamides is 1. The third-order valence-electron chi connectivity index (χ3n) is 3.11. The van der Waals surface area contributed by atoms with Crippen LogP contribution in [0.1, 0.15) is 6.92 Å². The predicted molar refractivity (Wildman–Crippen MR) is 80.2 cm³/mol. The van der Waals surface area contributed by atoms with E-state index in [4.69, 9.17) is 4.74 Å². The van der Waals surface area contributed by atoms with Crippen LogP contribution in [0.5, 0.6) is 5.75 Å². The Morgan fingerprint density at radius 2 is 2.14 bits per heavy atom. The third-order valence-corrected chi connectivity index (χ3v) is 4.48. The van der Waals surface area contributed by atoms with Gasteiger partial charge in [-0.2, -0.15) is 0 Å². The van der Waals surface area contributed by atoms with E-state index in [0.29, 0.717) is 17.1 Å². The van der Waals surface area contributed by atoms with Crippen molar-refractivity contribution >= 4 is 27.3 Å². The summed E-state index contributed by atoms with van der Waals surface area (Å²) in [7, 11) is -3.77. The fraction of sp³-hybridized carbons (Fsp3) is 0.143. The molecule has 2 heterocycles. The molecule has 1 amide bonds. The first-order valence-corrected chi connectivity index (χ1v) is 7.98. The number of nitrogens with zero attached hydrogens (tertiary/aromatic N) is 1. The number of pyridine rings is 1. The molecule has 0 bridgehead atoms. The monoisotopic (exact) mass is 319 g/mol. The van der Waals surface area contributed by atoms with E-state index in [1.807, 2.05) is 0 Å². The molecule has 1 atom stereocenters. The van der Waals surface area contributed by atoms with Crippen molar-refractivity contribution in [3.63, 3.8) is 0 Å². The zero-order valence-electron chi connectivity index (χ0n) is 11.6. The Kier molecular flexibility index (Phi) is 3.45. The lowest BCUT2D eigenvalue weighted by atomic mass is 10.2. The summed E-state index contributed by atoms with van der Waals surface area (Å²) in [6.45, 7) is 1.62. The average molecular weight is 319 g/mol. The van der Waals surface area contributed by atoms with Gasteiger partial charge >= 0.3 is 0 Å². The standard InChI is InChI=1S/C14H13N3O4S/c1-9-14(18)16-12-7-11(4-5-13(12)21-9)22(19,20)17-10-3-2-6-15-8-10/h2-9,17H,1H3,(H,16,18). The molecule has 8 heteroatoms. The van der Waals surface area contributed by atoms with Crippen molar-refractivity contribution in [1.29, 1.82) is 0 Å². The van der Waals surface area contributed by atoms with Crippen LogP contribution in [-0.2, 0) is 14.8 Å². The first-order valence-electron chi connectivity index (χ1n) is 6.50. The molecule has 0 fully saturated rings. The van der Waals surface area contributed by atoms with Crippen molar-refractivity contribution < 1.29 is 17.9 Å². The molecule has 0 spiro atoms. The van der Waals surface area contributed by atoms with Crippen LogP contribution in [0, 0.1) is 0 Å². The van der Waals surface area contributed by atoms with Crippen molar-refractivity contribution in [1.82, 2.24) is 4.98 Å². The SMILES string of the molecule is CC1Oc2ccc(S(=O)(=O)Nc3cccnc3)cc2NC1=O. The van der Waals surface area contributed by atoms with Crippen molar-refractivity contribution in [2.24, 2.45) is 0 Å². The van der Waals surface area contributed by atoms with Gasteiger partial charge in [-0.1, -0.05) is 0 Å². The van der Waals surface area contributed by atoms with E-state index in [0.717, 1.165) is 0 Å². The van der Waals surface area contributed by atoms with Gasteiger partial charge in [0.1, 0.15) is 5.75 Å². The zero-order valence-corrected chi connectivity index (χ0v) is 12.4. The van der Waals surface area contributed by atoms with Crippen molar-refractivity contribution in [2.75, 3.05) is 10.0 Å². The maximum absolute atomic E-state index is 12.3. The molecule has 1 aromatic heterocycles. The van der Waals surface area contributed by atoms with Crippen molar-refractivity contribution in [3.8, 4) is 5.75 Å².